The van der Waals surface area contributed by atoms with Gasteiger partial charge in [0, 0.05) is 29.8 Å². The summed E-state index contributed by atoms with van der Waals surface area (Å²) >= 11 is 0. The van der Waals surface area contributed by atoms with Gasteiger partial charge in [0.1, 0.15) is 11.6 Å². The Bertz CT molecular complexity index is 1330. The molecule has 0 amide bonds. The molecule has 2 heterocycles. The Labute approximate surface area is 163 Å². The van der Waals surface area contributed by atoms with Crippen LogP contribution >= 0.6 is 0 Å². The van der Waals surface area contributed by atoms with Crippen LogP contribution in [0, 0.1) is 13.8 Å². The van der Waals surface area contributed by atoms with Crippen LogP contribution in [0.4, 0.5) is 0 Å². The molecule has 2 aromatic carbocycles. The Morgan fingerprint density at radius 3 is 2.59 bits per heavy atom. The van der Waals surface area contributed by atoms with Crippen LogP contribution in [0.3, 0.4) is 0 Å². The fourth-order valence-electron chi connectivity index (χ4n) is 2.82. The first-order chi connectivity index (χ1) is 14.7. The van der Waals surface area contributed by atoms with E-state index in [4.69, 9.17) is 5.48 Å². The Hall–Kier alpha value is -3.34. The predicted molar refractivity (Wildman–Crippen MR) is 106 cm³/mol. The molecule has 0 radical (unpaired) electrons. The summed E-state index contributed by atoms with van der Waals surface area (Å²) in [5.41, 5.74) is 2.52. The van der Waals surface area contributed by atoms with Gasteiger partial charge in [0.05, 0.1) is 29.3 Å². The number of ketones is 1. The predicted octanol–water partition coefficient (Wildman–Crippen LogP) is 4.07. The van der Waals surface area contributed by atoms with E-state index in [1.165, 1.54) is 6.92 Å². The highest BCUT2D eigenvalue weighted by atomic mass is 16.1. The van der Waals surface area contributed by atoms with Gasteiger partial charge >= 0.3 is 0 Å². The van der Waals surface area contributed by atoms with Gasteiger partial charge in [0.15, 0.2) is 5.78 Å². The van der Waals surface area contributed by atoms with Crippen LogP contribution in [-0.4, -0.2) is 25.3 Å². The van der Waals surface area contributed by atoms with Gasteiger partial charge in [0.2, 0.25) is 0 Å². The first-order valence-corrected chi connectivity index (χ1v) is 8.53. The van der Waals surface area contributed by atoms with Crippen molar-refractivity contribution in [3.63, 3.8) is 0 Å². The monoisotopic (exact) mass is 360 g/mol. The lowest BCUT2D eigenvalue weighted by atomic mass is 10.1. The first kappa shape index (κ1) is 12.9. The summed E-state index contributed by atoms with van der Waals surface area (Å²) < 4.78 is 34.0. The number of nitrogens with zero attached hydrogens (tertiary/aromatic N) is 4. The summed E-state index contributed by atoms with van der Waals surface area (Å²) in [7, 11) is 1.94. The molecule has 2 aromatic heterocycles. The van der Waals surface area contributed by atoms with E-state index in [2.05, 4.69) is 15.0 Å². The van der Waals surface area contributed by atoms with Gasteiger partial charge in [-0.3, -0.25) is 4.79 Å². The largest absolute Gasteiger partial charge is 0.331 e. The molecule has 0 aliphatic heterocycles. The van der Waals surface area contributed by atoms with Crippen molar-refractivity contribution in [1.82, 2.24) is 19.5 Å². The molecule has 0 fully saturated rings. The molecular formula is C22H20N4O. The SMILES string of the molecule is [2H]c1c([2H])c(C(=O)Cc2ncc3ccc(-c4cnc(C)n4C)cc3n2)c([2H])c([2H])c1C. The van der Waals surface area contributed by atoms with E-state index in [1.807, 2.05) is 36.7 Å². The van der Waals surface area contributed by atoms with Crippen molar-refractivity contribution in [2.75, 3.05) is 0 Å². The molecule has 27 heavy (non-hydrogen) atoms. The van der Waals surface area contributed by atoms with Crippen molar-refractivity contribution in [3.05, 3.63) is 77.5 Å². The third-order valence-electron chi connectivity index (χ3n) is 4.50. The second kappa shape index (κ2) is 6.76. The van der Waals surface area contributed by atoms with E-state index in [0.29, 0.717) is 5.52 Å². The summed E-state index contributed by atoms with van der Waals surface area (Å²) in [6.45, 7) is 3.43. The average molecular weight is 360 g/mol. The van der Waals surface area contributed by atoms with Gasteiger partial charge in [-0.05, 0) is 19.9 Å². The Kier molecular flexibility index (Phi) is 3.24. The molecule has 4 rings (SSSR count). The number of Topliss-reactive ketones (excluding diaryl/α,β-unsaturated/α-hetero) is 1. The van der Waals surface area contributed by atoms with Gasteiger partial charge in [-0.2, -0.15) is 0 Å². The lowest BCUT2D eigenvalue weighted by molar-refractivity contribution is 0.0991. The summed E-state index contributed by atoms with van der Waals surface area (Å²) in [5.74, 6) is 0.602. The maximum atomic E-state index is 12.8. The van der Waals surface area contributed by atoms with E-state index in [0.717, 1.165) is 22.5 Å². The number of rotatable bonds is 4. The van der Waals surface area contributed by atoms with Crippen molar-refractivity contribution < 1.29 is 10.3 Å². The molecule has 5 nitrogen and oxygen atoms in total. The second-order valence-corrected chi connectivity index (χ2v) is 6.41. The molecule has 0 aliphatic rings. The van der Waals surface area contributed by atoms with E-state index >= 15 is 0 Å². The molecule has 0 aliphatic carbocycles. The third kappa shape index (κ3) is 3.36. The number of carbonyl (C=O) groups is 1. The van der Waals surface area contributed by atoms with E-state index in [1.54, 1.807) is 12.4 Å². The zero-order valence-electron chi connectivity index (χ0n) is 19.3. The molecule has 4 aromatic rings. The van der Waals surface area contributed by atoms with E-state index in [9.17, 15) is 4.79 Å². The molecule has 134 valence electrons. The number of aromatic nitrogens is 4. The number of hydrogen-bond donors (Lipinski definition) is 0. The highest BCUT2D eigenvalue weighted by molar-refractivity contribution is 5.97. The molecule has 0 N–H and O–H groups in total. The van der Waals surface area contributed by atoms with E-state index < -0.39 is 5.78 Å². The molecule has 0 atom stereocenters. The molecule has 0 bridgehead atoms. The standard InChI is InChI=1S/C22H20N4O/c1-14-4-6-16(7-5-14)21(27)11-22-24-12-18-9-8-17(10-19(18)25-22)20-13-23-15(2)26(20)3/h4-10,12-13H,11H2,1-3H3/i4D,5D,6D,7D. The van der Waals surface area contributed by atoms with Gasteiger partial charge in [-0.15, -0.1) is 0 Å². The fourth-order valence-corrected chi connectivity index (χ4v) is 2.82. The summed E-state index contributed by atoms with van der Waals surface area (Å²) in [6, 6.07) is 4.68. The summed E-state index contributed by atoms with van der Waals surface area (Å²) in [4.78, 5) is 25.9. The van der Waals surface area contributed by atoms with Crippen molar-refractivity contribution in [3.8, 4) is 11.3 Å². The zero-order valence-corrected chi connectivity index (χ0v) is 15.3. The molecule has 5 heteroatoms. The summed E-state index contributed by atoms with van der Waals surface area (Å²) in [5, 5.41) is 0.818. The smallest absolute Gasteiger partial charge is 0.170 e. The molecule has 0 saturated carbocycles. The maximum Gasteiger partial charge on any atom is 0.170 e. The number of aryl methyl sites for hydroxylation is 1. The molecule has 0 unspecified atom stereocenters. The van der Waals surface area contributed by atoms with Crippen molar-refractivity contribution in [1.29, 1.82) is 0 Å². The minimum absolute atomic E-state index is 0.208. The van der Waals surface area contributed by atoms with E-state index in [-0.39, 0.29) is 47.5 Å². The third-order valence-corrected chi connectivity index (χ3v) is 4.50. The minimum Gasteiger partial charge on any atom is -0.331 e. The first-order valence-electron chi connectivity index (χ1n) is 10.5. The fraction of sp³-hybridized carbons (Fsp3) is 0.182. The lowest BCUT2D eigenvalue weighted by Gasteiger charge is -2.07. The quantitative estimate of drug-likeness (QED) is 0.515. The normalized spacial score (nSPS) is 13.1. The highest BCUT2D eigenvalue weighted by Gasteiger charge is 2.11. The van der Waals surface area contributed by atoms with Gasteiger partial charge in [-0.25, -0.2) is 15.0 Å². The highest BCUT2D eigenvalue weighted by Crippen LogP contribution is 2.23. The van der Waals surface area contributed by atoms with Crippen LogP contribution in [0.15, 0.2) is 54.8 Å². The minimum atomic E-state index is -0.547. The number of benzene rings is 2. The maximum absolute atomic E-state index is 12.8. The van der Waals surface area contributed by atoms with Gasteiger partial charge in [0.25, 0.3) is 0 Å². The number of fused-ring (bicyclic) bond motifs is 1. The topological polar surface area (TPSA) is 60.7 Å². The van der Waals surface area contributed by atoms with Crippen LogP contribution in [0.1, 0.15) is 33.1 Å². The van der Waals surface area contributed by atoms with Crippen LogP contribution in [0.25, 0.3) is 22.2 Å². The Morgan fingerprint density at radius 2 is 1.89 bits per heavy atom. The van der Waals surface area contributed by atoms with Crippen LogP contribution < -0.4 is 0 Å². The van der Waals surface area contributed by atoms with Crippen LogP contribution in [0.5, 0.6) is 0 Å². The average Bonchev–Trinajstić information content (AvgIpc) is 3.09. The molecular weight excluding hydrogens is 336 g/mol. The number of carbonyl (C=O) groups excluding carboxylic acids is 1. The van der Waals surface area contributed by atoms with Crippen molar-refractivity contribution in [2.45, 2.75) is 20.3 Å². The van der Waals surface area contributed by atoms with Gasteiger partial charge < -0.3 is 4.57 Å². The Morgan fingerprint density at radius 1 is 1.11 bits per heavy atom. The number of hydrogen-bond acceptors (Lipinski definition) is 4. The van der Waals surface area contributed by atoms with Gasteiger partial charge in [-0.1, -0.05) is 41.9 Å². The summed E-state index contributed by atoms with van der Waals surface area (Å²) in [6.07, 6.45) is 3.21. The second-order valence-electron chi connectivity index (χ2n) is 6.41. The van der Waals surface area contributed by atoms with Crippen LogP contribution in [-0.2, 0) is 13.5 Å². The van der Waals surface area contributed by atoms with Crippen molar-refractivity contribution >= 4 is 16.7 Å². The van der Waals surface area contributed by atoms with Crippen LogP contribution in [0.2, 0.25) is 0 Å². The molecule has 0 saturated heterocycles. The lowest BCUT2D eigenvalue weighted by Crippen LogP contribution is -2.07. The van der Waals surface area contributed by atoms with Crippen molar-refractivity contribution in [2.24, 2.45) is 7.05 Å². The number of imidazole rings is 1. The molecule has 0 spiro atoms. The zero-order chi connectivity index (χ0) is 22.4. The Balaban J connectivity index is 1.71.